The molecule has 0 aliphatic rings. The first-order chi connectivity index (χ1) is 8.62. The van der Waals surface area contributed by atoms with Crippen molar-refractivity contribution in [2.45, 2.75) is 18.6 Å². The van der Waals surface area contributed by atoms with Crippen molar-refractivity contribution in [3.05, 3.63) is 42.7 Å². The van der Waals surface area contributed by atoms with Crippen LogP contribution in [0.4, 0.5) is 5.95 Å². The van der Waals surface area contributed by atoms with E-state index in [1.165, 1.54) is 0 Å². The number of thioether (sulfide) groups is 1. The summed E-state index contributed by atoms with van der Waals surface area (Å²) in [6.45, 7) is 5.33. The summed E-state index contributed by atoms with van der Waals surface area (Å²) in [5.74, 6) is 0.892. The minimum atomic E-state index is 0.202. The van der Waals surface area contributed by atoms with Crippen LogP contribution in [0, 0.1) is 0 Å². The van der Waals surface area contributed by atoms with Crippen LogP contribution < -0.4 is 5.32 Å². The van der Waals surface area contributed by atoms with Crippen LogP contribution >= 0.6 is 11.8 Å². The second-order valence-corrected chi connectivity index (χ2v) is 6.29. The Morgan fingerprint density at radius 2 is 2.00 bits per heavy atom. The van der Waals surface area contributed by atoms with Gasteiger partial charge < -0.3 is 5.32 Å². The lowest BCUT2D eigenvalue weighted by molar-refractivity contribution is 0.745. The summed E-state index contributed by atoms with van der Waals surface area (Å²) in [6.07, 6.45) is 5.93. The maximum Gasteiger partial charge on any atom is 0.207 e. The van der Waals surface area contributed by atoms with Crippen LogP contribution in [0.1, 0.15) is 13.8 Å². The third kappa shape index (κ3) is 3.07. The first kappa shape index (κ1) is 13.0. The van der Waals surface area contributed by atoms with E-state index in [-0.39, 0.29) is 4.75 Å². The molecule has 0 aliphatic heterocycles. The molecule has 3 nitrogen and oxygen atoms in total. The van der Waals surface area contributed by atoms with Crippen LogP contribution in [-0.4, -0.2) is 27.1 Å². The molecule has 2 aromatic rings. The molecule has 1 aromatic carbocycles. The van der Waals surface area contributed by atoms with Crippen molar-refractivity contribution in [2.75, 3.05) is 18.1 Å². The van der Waals surface area contributed by atoms with Crippen molar-refractivity contribution >= 4 is 17.7 Å². The number of nitrogens with zero attached hydrogens (tertiary/aromatic N) is 2. The van der Waals surface area contributed by atoms with E-state index in [4.69, 9.17) is 0 Å². The maximum absolute atomic E-state index is 4.37. The molecule has 0 spiro atoms. The highest BCUT2D eigenvalue weighted by atomic mass is 32.2. The first-order valence-corrected chi connectivity index (χ1v) is 7.23. The highest BCUT2D eigenvalue weighted by molar-refractivity contribution is 7.99. The third-order valence-electron chi connectivity index (χ3n) is 2.90. The van der Waals surface area contributed by atoms with Crippen LogP contribution in [0.15, 0.2) is 42.7 Å². The number of para-hydroxylation sites is 1. The zero-order chi connectivity index (χ0) is 13.0. The molecule has 0 unspecified atom stereocenters. The molecule has 2 rings (SSSR count). The molecular weight excluding hydrogens is 242 g/mol. The highest BCUT2D eigenvalue weighted by Gasteiger charge is 2.16. The molecule has 0 amide bonds. The topological polar surface area (TPSA) is 29.9 Å². The van der Waals surface area contributed by atoms with Crippen molar-refractivity contribution in [3.63, 3.8) is 0 Å². The number of rotatable bonds is 5. The number of benzene rings is 1. The van der Waals surface area contributed by atoms with E-state index >= 15 is 0 Å². The number of nitrogens with one attached hydrogen (secondary N) is 1. The van der Waals surface area contributed by atoms with E-state index in [1.54, 1.807) is 0 Å². The Morgan fingerprint density at radius 3 is 2.67 bits per heavy atom. The van der Waals surface area contributed by atoms with Crippen molar-refractivity contribution in [1.29, 1.82) is 0 Å². The second-order valence-electron chi connectivity index (χ2n) is 4.77. The Hall–Kier alpha value is -1.42. The molecule has 1 N–H and O–H groups in total. The fourth-order valence-electron chi connectivity index (χ4n) is 1.60. The van der Waals surface area contributed by atoms with Crippen LogP contribution in [0.2, 0.25) is 0 Å². The Bertz CT molecular complexity index is 491. The van der Waals surface area contributed by atoms with Crippen LogP contribution in [0.25, 0.3) is 5.69 Å². The van der Waals surface area contributed by atoms with Gasteiger partial charge in [-0.15, -0.1) is 0 Å². The van der Waals surface area contributed by atoms with E-state index in [2.05, 4.69) is 47.1 Å². The van der Waals surface area contributed by atoms with Gasteiger partial charge in [-0.3, -0.25) is 4.57 Å². The molecule has 0 saturated carbocycles. The highest BCUT2D eigenvalue weighted by Crippen LogP contribution is 2.22. The number of hydrogen-bond acceptors (Lipinski definition) is 3. The number of hydrogen-bond donors (Lipinski definition) is 1. The van der Waals surface area contributed by atoms with Gasteiger partial charge in [0.05, 0.1) is 0 Å². The van der Waals surface area contributed by atoms with Gasteiger partial charge in [-0.2, -0.15) is 11.8 Å². The Balaban J connectivity index is 2.14. The molecule has 96 valence electrons. The molecule has 1 aromatic heterocycles. The van der Waals surface area contributed by atoms with Gasteiger partial charge in [0.25, 0.3) is 0 Å². The van der Waals surface area contributed by atoms with E-state index in [9.17, 15) is 0 Å². The lowest BCUT2D eigenvalue weighted by atomic mass is 10.2. The maximum atomic E-state index is 4.37. The zero-order valence-corrected chi connectivity index (χ0v) is 11.9. The van der Waals surface area contributed by atoms with E-state index in [0.717, 1.165) is 18.2 Å². The molecule has 0 saturated heterocycles. The smallest absolute Gasteiger partial charge is 0.207 e. The molecule has 0 radical (unpaired) electrons. The lowest BCUT2D eigenvalue weighted by Gasteiger charge is -2.22. The minimum Gasteiger partial charge on any atom is -0.354 e. The predicted molar refractivity (Wildman–Crippen MR) is 79.6 cm³/mol. The Labute approximate surface area is 113 Å². The molecule has 0 aliphatic carbocycles. The van der Waals surface area contributed by atoms with Crippen molar-refractivity contribution < 1.29 is 0 Å². The molecule has 18 heavy (non-hydrogen) atoms. The van der Waals surface area contributed by atoms with Crippen LogP contribution in [0.3, 0.4) is 0 Å². The van der Waals surface area contributed by atoms with Gasteiger partial charge in [0.1, 0.15) is 0 Å². The Kier molecular flexibility index (Phi) is 3.97. The normalized spacial score (nSPS) is 11.5. The van der Waals surface area contributed by atoms with Gasteiger partial charge in [0.15, 0.2) is 0 Å². The fourth-order valence-corrected chi connectivity index (χ4v) is 1.81. The van der Waals surface area contributed by atoms with Crippen molar-refractivity contribution in [1.82, 2.24) is 9.55 Å². The van der Waals surface area contributed by atoms with E-state index in [1.807, 2.05) is 42.4 Å². The molecule has 1 heterocycles. The van der Waals surface area contributed by atoms with Crippen molar-refractivity contribution in [3.8, 4) is 5.69 Å². The van der Waals surface area contributed by atoms with Crippen LogP contribution in [-0.2, 0) is 0 Å². The average Bonchev–Trinajstić information content (AvgIpc) is 2.86. The first-order valence-electron chi connectivity index (χ1n) is 6.00. The van der Waals surface area contributed by atoms with Gasteiger partial charge >= 0.3 is 0 Å². The van der Waals surface area contributed by atoms with Gasteiger partial charge in [-0.25, -0.2) is 4.98 Å². The van der Waals surface area contributed by atoms with Crippen molar-refractivity contribution in [2.24, 2.45) is 0 Å². The number of aromatic nitrogens is 2. The molecule has 0 bridgehead atoms. The predicted octanol–water partition coefficient (Wildman–Crippen LogP) is 3.43. The summed E-state index contributed by atoms with van der Waals surface area (Å²) in [5, 5.41) is 3.41. The molecular formula is C14H19N3S. The SMILES string of the molecule is CSC(C)(C)CNc1nccn1-c1ccccc1. The van der Waals surface area contributed by atoms with Crippen LogP contribution in [0.5, 0.6) is 0 Å². The molecule has 0 fully saturated rings. The summed E-state index contributed by atoms with van der Waals surface area (Å²) in [5.41, 5.74) is 1.12. The Morgan fingerprint density at radius 1 is 1.28 bits per heavy atom. The molecule has 0 atom stereocenters. The number of anilines is 1. The quantitative estimate of drug-likeness (QED) is 0.894. The summed E-state index contributed by atoms with van der Waals surface area (Å²) < 4.78 is 2.27. The van der Waals surface area contributed by atoms with Gasteiger partial charge in [0, 0.05) is 29.4 Å². The van der Waals surface area contributed by atoms with E-state index in [0.29, 0.717) is 0 Å². The lowest BCUT2D eigenvalue weighted by Crippen LogP contribution is -2.26. The third-order valence-corrected chi connectivity index (χ3v) is 4.15. The standard InChI is InChI=1S/C14H19N3S/c1-14(2,18-3)11-16-13-15-9-10-17(13)12-7-5-4-6-8-12/h4-10H,11H2,1-3H3,(H,15,16). The largest absolute Gasteiger partial charge is 0.354 e. The minimum absolute atomic E-state index is 0.202. The number of imidazole rings is 1. The fraction of sp³-hybridized carbons (Fsp3) is 0.357. The molecule has 4 heteroatoms. The van der Waals surface area contributed by atoms with Gasteiger partial charge in [0.2, 0.25) is 5.95 Å². The average molecular weight is 261 g/mol. The zero-order valence-electron chi connectivity index (χ0n) is 11.1. The van der Waals surface area contributed by atoms with E-state index < -0.39 is 0 Å². The summed E-state index contributed by atoms with van der Waals surface area (Å²) in [7, 11) is 0. The summed E-state index contributed by atoms with van der Waals surface area (Å²) in [4.78, 5) is 4.37. The summed E-state index contributed by atoms with van der Waals surface area (Å²) in [6, 6.07) is 10.2. The second kappa shape index (κ2) is 5.48. The summed E-state index contributed by atoms with van der Waals surface area (Å²) >= 11 is 1.85. The monoisotopic (exact) mass is 261 g/mol. The van der Waals surface area contributed by atoms with Gasteiger partial charge in [-0.1, -0.05) is 18.2 Å². The van der Waals surface area contributed by atoms with Gasteiger partial charge in [-0.05, 0) is 32.2 Å².